The van der Waals surface area contributed by atoms with Crippen LogP contribution in [-0.4, -0.2) is 37.5 Å². The average molecular weight is 324 g/mol. The molecule has 22 heavy (non-hydrogen) atoms. The first-order valence-corrected chi connectivity index (χ1v) is 9.49. The van der Waals surface area contributed by atoms with E-state index < -0.39 is 10.0 Å². The van der Waals surface area contributed by atoms with E-state index >= 15 is 0 Å². The van der Waals surface area contributed by atoms with Gasteiger partial charge in [-0.25, -0.2) is 8.42 Å². The SMILES string of the molecule is CC(C)c1ccc(NC(=O)CCN(C2CC2)S(C)(=O)=O)cc1. The quantitative estimate of drug-likeness (QED) is 0.838. The lowest BCUT2D eigenvalue weighted by molar-refractivity contribution is -0.116. The van der Waals surface area contributed by atoms with E-state index in [1.807, 2.05) is 24.3 Å². The van der Waals surface area contributed by atoms with Gasteiger partial charge >= 0.3 is 0 Å². The van der Waals surface area contributed by atoms with Crippen molar-refractivity contribution in [2.24, 2.45) is 0 Å². The minimum atomic E-state index is -3.23. The predicted octanol–water partition coefficient (Wildman–Crippen LogP) is 2.56. The average Bonchev–Trinajstić information content (AvgIpc) is 3.22. The minimum absolute atomic E-state index is 0.0909. The molecule has 0 heterocycles. The molecule has 0 unspecified atom stereocenters. The molecule has 1 fully saturated rings. The van der Waals surface area contributed by atoms with Gasteiger partial charge in [-0.05, 0) is 36.5 Å². The molecule has 2 rings (SSSR count). The number of nitrogens with one attached hydrogen (secondary N) is 1. The third-order valence-electron chi connectivity index (χ3n) is 3.80. The molecule has 0 atom stereocenters. The summed E-state index contributed by atoms with van der Waals surface area (Å²) in [5, 5.41) is 2.81. The highest BCUT2D eigenvalue weighted by atomic mass is 32.2. The topological polar surface area (TPSA) is 66.5 Å². The maximum Gasteiger partial charge on any atom is 0.225 e. The van der Waals surface area contributed by atoms with E-state index in [2.05, 4.69) is 19.2 Å². The van der Waals surface area contributed by atoms with Crippen LogP contribution >= 0.6 is 0 Å². The summed E-state index contributed by atoms with van der Waals surface area (Å²) >= 11 is 0. The Morgan fingerprint density at radius 2 is 1.86 bits per heavy atom. The summed E-state index contributed by atoms with van der Waals surface area (Å²) in [6, 6.07) is 7.83. The van der Waals surface area contributed by atoms with Crippen molar-refractivity contribution in [3.05, 3.63) is 29.8 Å². The molecule has 1 N–H and O–H groups in total. The third kappa shape index (κ3) is 4.81. The smallest absolute Gasteiger partial charge is 0.225 e. The number of carbonyl (C=O) groups excluding carboxylic acids is 1. The second-order valence-corrected chi connectivity index (χ2v) is 8.11. The molecule has 0 spiro atoms. The first-order valence-electron chi connectivity index (χ1n) is 7.64. The number of anilines is 1. The number of amides is 1. The Hall–Kier alpha value is -1.40. The van der Waals surface area contributed by atoms with Crippen LogP contribution in [0.4, 0.5) is 5.69 Å². The monoisotopic (exact) mass is 324 g/mol. The number of benzene rings is 1. The van der Waals surface area contributed by atoms with Gasteiger partial charge in [0.2, 0.25) is 15.9 Å². The normalized spacial score (nSPS) is 15.3. The van der Waals surface area contributed by atoms with Gasteiger partial charge in [-0.2, -0.15) is 4.31 Å². The Kier molecular flexibility index (Phi) is 5.24. The molecule has 5 nitrogen and oxygen atoms in total. The fourth-order valence-electron chi connectivity index (χ4n) is 2.37. The molecule has 1 aliphatic rings. The van der Waals surface area contributed by atoms with Crippen LogP contribution in [-0.2, 0) is 14.8 Å². The molecule has 0 radical (unpaired) electrons. The lowest BCUT2D eigenvalue weighted by atomic mass is 10.0. The second kappa shape index (κ2) is 6.79. The summed E-state index contributed by atoms with van der Waals surface area (Å²) in [6.07, 6.45) is 3.17. The summed E-state index contributed by atoms with van der Waals surface area (Å²) in [5.74, 6) is 0.290. The molecule has 6 heteroatoms. The van der Waals surface area contributed by atoms with E-state index in [9.17, 15) is 13.2 Å². The van der Waals surface area contributed by atoms with Crippen molar-refractivity contribution in [2.75, 3.05) is 18.1 Å². The Bertz CT molecular complexity index is 619. The highest BCUT2D eigenvalue weighted by Crippen LogP contribution is 2.28. The van der Waals surface area contributed by atoms with Crippen LogP contribution < -0.4 is 5.32 Å². The first-order chi connectivity index (χ1) is 10.3. The Balaban J connectivity index is 1.87. The molecule has 1 aromatic rings. The van der Waals surface area contributed by atoms with E-state index in [4.69, 9.17) is 0 Å². The summed E-state index contributed by atoms with van der Waals surface area (Å²) < 4.78 is 24.8. The van der Waals surface area contributed by atoms with Crippen LogP contribution in [0.2, 0.25) is 0 Å². The minimum Gasteiger partial charge on any atom is -0.326 e. The zero-order chi connectivity index (χ0) is 16.3. The van der Waals surface area contributed by atoms with E-state index in [-0.39, 0.29) is 24.9 Å². The summed E-state index contributed by atoms with van der Waals surface area (Å²) in [4.78, 5) is 12.0. The van der Waals surface area contributed by atoms with Gasteiger partial charge in [-0.1, -0.05) is 26.0 Å². The fourth-order valence-corrected chi connectivity index (χ4v) is 3.54. The van der Waals surface area contributed by atoms with E-state index in [1.54, 1.807) is 0 Å². The Labute approximate surface area is 132 Å². The van der Waals surface area contributed by atoms with Crippen molar-refractivity contribution in [1.82, 2.24) is 4.31 Å². The molecule has 1 saturated carbocycles. The molecule has 0 aliphatic heterocycles. The maximum atomic E-state index is 12.0. The Morgan fingerprint density at radius 1 is 1.27 bits per heavy atom. The molecule has 1 amide bonds. The number of hydrogen-bond donors (Lipinski definition) is 1. The molecular formula is C16H24N2O3S. The molecule has 0 aromatic heterocycles. The van der Waals surface area contributed by atoms with E-state index in [1.165, 1.54) is 16.1 Å². The van der Waals surface area contributed by atoms with Crippen molar-refractivity contribution in [2.45, 2.75) is 45.1 Å². The highest BCUT2D eigenvalue weighted by molar-refractivity contribution is 7.88. The molecule has 1 aromatic carbocycles. The molecule has 0 bridgehead atoms. The van der Waals surface area contributed by atoms with Crippen molar-refractivity contribution in [1.29, 1.82) is 0 Å². The summed E-state index contributed by atoms with van der Waals surface area (Å²) in [5.41, 5.74) is 1.96. The van der Waals surface area contributed by atoms with Gasteiger partial charge in [0.25, 0.3) is 0 Å². The van der Waals surface area contributed by atoms with Crippen LogP contribution in [0.15, 0.2) is 24.3 Å². The van der Waals surface area contributed by atoms with Gasteiger partial charge in [0.1, 0.15) is 0 Å². The first kappa shape index (κ1) is 17.0. The molecular weight excluding hydrogens is 300 g/mol. The van der Waals surface area contributed by atoms with Crippen LogP contribution in [0, 0.1) is 0 Å². The standard InChI is InChI=1S/C16H24N2O3S/c1-12(2)13-4-6-14(7-5-13)17-16(19)10-11-18(15-8-9-15)22(3,20)21/h4-7,12,15H,8-11H2,1-3H3,(H,17,19). The Morgan fingerprint density at radius 3 is 2.32 bits per heavy atom. The number of hydrogen-bond acceptors (Lipinski definition) is 3. The van der Waals surface area contributed by atoms with Gasteiger partial charge in [-0.3, -0.25) is 4.79 Å². The largest absolute Gasteiger partial charge is 0.326 e. The predicted molar refractivity (Wildman–Crippen MR) is 88.3 cm³/mol. The number of carbonyl (C=O) groups is 1. The van der Waals surface area contributed by atoms with Crippen LogP contribution in [0.5, 0.6) is 0 Å². The van der Waals surface area contributed by atoms with Crippen LogP contribution in [0.1, 0.15) is 44.6 Å². The highest BCUT2D eigenvalue weighted by Gasteiger charge is 2.34. The van der Waals surface area contributed by atoms with Gasteiger partial charge < -0.3 is 5.32 Å². The third-order valence-corrected chi connectivity index (χ3v) is 5.13. The van der Waals surface area contributed by atoms with E-state index in [0.29, 0.717) is 5.92 Å². The molecule has 122 valence electrons. The number of sulfonamides is 1. The number of nitrogens with zero attached hydrogens (tertiary/aromatic N) is 1. The van der Waals surface area contributed by atoms with Crippen LogP contribution in [0.3, 0.4) is 0 Å². The summed E-state index contributed by atoms with van der Waals surface area (Å²) in [7, 11) is -3.23. The molecule has 1 aliphatic carbocycles. The fraction of sp³-hybridized carbons (Fsp3) is 0.562. The van der Waals surface area contributed by atoms with Gasteiger partial charge in [0, 0.05) is 24.7 Å². The van der Waals surface area contributed by atoms with E-state index in [0.717, 1.165) is 18.5 Å². The zero-order valence-electron chi connectivity index (χ0n) is 13.4. The molecule has 0 saturated heterocycles. The van der Waals surface area contributed by atoms with Crippen molar-refractivity contribution >= 4 is 21.6 Å². The zero-order valence-corrected chi connectivity index (χ0v) is 14.2. The van der Waals surface area contributed by atoms with Crippen LogP contribution in [0.25, 0.3) is 0 Å². The second-order valence-electron chi connectivity index (χ2n) is 6.18. The van der Waals surface area contributed by atoms with Crippen molar-refractivity contribution in [3.8, 4) is 0 Å². The van der Waals surface area contributed by atoms with Crippen molar-refractivity contribution in [3.63, 3.8) is 0 Å². The van der Waals surface area contributed by atoms with Gasteiger partial charge in [-0.15, -0.1) is 0 Å². The maximum absolute atomic E-state index is 12.0. The lowest BCUT2D eigenvalue weighted by Gasteiger charge is -2.18. The van der Waals surface area contributed by atoms with Crippen molar-refractivity contribution < 1.29 is 13.2 Å². The van der Waals surface area contributed by atoms with Gasteiger partial charge in [0.05, 0.1) is 6.26 Å². The van der Waals surface area contributed by atoms with Gasteiger partial charge in [0.15, 0.2) is 0 Å². The summed E-state index contributed by atoms with van der Waals surface area (Å²) in [6.45, 7) is 4.48. The number of rotatable bonds is 7. The lowest BCUT2D eigenvalue weighted by Crippen LogP contribution is -2.34.